The first-order valence-corrected chi connectivity index (χ1v) is 9.40. The molecule has 1 aliphatic rings. The molecule has 25 heavy (non-hydrogen) atoms. The first-order chi connectivity index (χ1) is 12.2. The van der Waals surface area contributed by atoms with Crippen molar-refractivity contribution in [1.29, 1.82) is 0 Å². The normalized spacial score (nSPS) is 15.9. The largest absolute Gasteiger partial charge is 0.391 e. The van der Waals surface area contributed by atoms with Crippen LogP contribution >= 0.6 is 25.3 Å². The van der Waals surface area contributed by atoms with Crippen LogP contribution in [-0.4, -0.2) is 42.0 Å². The second-order valence-corrected chi connectivity index (χ2v) is 7.34. The molecule has 1 fully saturated rings. The Bertz CT molecular complexity index is 669. The summed E-state index contributed by atoms with van der Waals surface area (Å²) in [4.78, 5) is 9.98. The zero-order chi connectivity index (χ0) is 17.5. The molecule has 0 N–H and O–H groups in total. The van der Waals surface area contributed by atoms with Crippen LogP contribution in [-0.2, 0) is 11.4 Å². The lowest BCUT2D eigenvalue weighted by Crippen LogP contribution is -2.47. The van der Waals surface area contributed by atoms with Crippen LogP contribution < -0.4 is 4.90 Å². The van der Waals surface area contributed by atoms with Crippen molar-refractivity contribution in [2.24, 2.45) is 5.16 Å². The number of nitrogens with zero attached hydrogens (tertiary/aromatic N) is 3. The minimum atomic E-state index is 0.0247. The number of rotatable bonds is 6. The Morgan fingerprint density at radius 1 is 0.960 bits per heavy atom. The molecule has 0 amide bonds. The number of oxime groups is 1. The van der Waals surface area contributed by atoms with E-state index < -0.39 is 0 Å². The molecule has 132 valence electrons. The van der Waals surface area contributed by atoms with E-state index in [1.807, 2.05) is 30.3 Å². The molecule has 1 heterocycles. The van der Waals surface area contributed by atoms with Crippen molar-refractivity contribution in [2.45, 2.75) is 11.3 Å². The van der Waals surface area contributed by atoms with E-state index in [9.17, 15) is 0 Å². The smallest absolute Gasteiger partial charge is 0.142 e. The Morgan fingerprint density at radius 3 is 2.28 bits per heavy atom. The van der Waals surface area contributed by atoms with Gasteiger partial charge in [0.2, 0.25) is 0 Å². The van der Waals surface area contributed by atoms with Crippen molar-refractivity contribution >= 4 is 37.2 Å². The number of hydrogen-bond acceptors (Lipinski definition) is 6. The first-order valence-electron chi connectivity index (χ1n) is 8.37. The van der Waals surface area contributed by atoms with Gasteiger partial charge in [0.25, 0.3) is 0 Å². The molecule has 0 aliphatic carbocycles. The highest BCUT2D eigenvalue weighted by molar-refractivity contribution is 7.99. The molecule has 2 aromatic rings. The number of benzene rings is 2. The van der Waals surface area contributed by atoms with Crippen molar-refractivity contribution in [2.75, 3.05) is 31.1 Å². The Kier molecular flexibility index (Phi) is 6.67. The highest BCUT2D eigenvalue weighted by Crippen LogP contribution is 2.19. The molecule has 0 aromatic heterocycles. The van der Waals surface area contributed by atoms with Gasteiger partial charge in [-0.15, -0.1) is 25.3 Å². The van der Waals surface area contributed by atoms with E-state index in [0.29, 0.717) is 6.61 Å². The van der Waals surface area contributed by atoms with Gasteiger partial charge in [-0.05, 0) is 23.3 Å². The third-order valence-corrected chi connectivity index (χ3v) is 4.90. The van der Waals surface area contributed by atoms with E-state index in [0.717, 1.165) is 37.3 Å². The fourth-order valence-electron chi connectivity index (χ4n) is 2.77. The molecule has 1 aliphatic heterocycles. The molecular formula is C19H23N3OS2. The Labute approximate surface area is 160 Å². The van der Waals surface area contributed by atoms with E-state index in [-0.39, 0.29) is 4.71 Å². The second kappa shape index (κ2) is 9.17. The van der Waals surface area contributed by atoms with E-state index in [4.69, 9.17) is 4.84 Å². The molecule has 0 bridgehead atoms. The quantitative estimate of drug-likeness (QED) is 0.351. The molecule has 0 atom stereocenters. The van der Waals surface area contributed by atoms with Gasteiger partial charge >= 0.3 is 0 Å². The van der Waals surface area contributed by atoms with Crippen molar-refractivity contribution in [3.8, 4) is 0 Å². The highest BCUT2D eigenvalue weighted by Gasteiger charge is 2.19. The number of hydrogen-bond donors (Lipinski definition) is 2. The molecule has 2 aromatic carbocycles. The monoisotopic (exact) mass is 373 g/mol. The van der Waals surface area contributed by atoms with Gasteiger partial charge in [-0.3, -0.25) is 4.90 Å². The van der Waals surface area contributed by atoms with Crippen LogP contribution in [0.4, 0.5) is 5.69 Å². The fourth-order valence-corrected chi connectivity index (χ4v) is 3.23. The lowest BCUT2D eigenvalue weighted by atomic mass is 10.2. The van der Waals surface area contributed by atoms with E-state index in [1.165, 1.54) is 5.69 Å². The van der Waals surface area contributed by atoms with Crippen LogP contribution in [0.3, 0.4) is 0 Å². The minimum absolute atomic E-state index is 0.0247. The van der Waals surface area contributed by atoms with Crippen LogP contribution in [0, 0.1) is 0 Å². The summed E-state index contributed by atoms with van der Waals surface area (Å²) in [5.74, 6) is 0. The summed E-state index contributed by atoms with van der Waals surface area (Å²) in [6, 6.07) is 18.4. The zero-order valence-corrected chi connectivity index (χ0v) is 15.8. The third-order valence-electron chi connectivity index (χ3n) is 4.25. The van der Waals surface area contributed by atoms with E-state index in [2.05, 4.69) is 64.5 Å². The van der Waals surface area contributed by atoms with Crippen LogP contribution in [0.2, 0.25) is 0 Å². The first kappa shape index (κ1) is 18.2. The van der Waals surface area contributed by atoms with Crippen molar-refractivity contribution in [3.63, 3.8) is 0 Å². The highest BCUT2D eigenvalue weighted by atomic mass is 32.2. The van der Waals surface area contributed by atoms with Gasteiger partial charge in [-0.1, -0.05) is 47.6 Å². The van der Waals surface area contributed by atoms with E-state index in [1.54, 1.807) is 6.21 Å². The Balaban J connectivity index is 1.48. The molecule has 1 saturated heterocycles. The maximum Gasteiger partial charge on any atom is 0.142 e. The summed E-state index contributed by atoms with van der Waals surface area (Å²) in [7, 11) is 0. The summed E-state index contributed by atoms with van der Waals surface area (Å²) in [5.41, 5.74) is 3.37. The number of piperazine rings is 1. The van der Waals surface area contributed by atoms with Crippen molar-refractivity contribution in [3.05, 3.63) is 65.7 Å². The van der Waals surface area contributed by atoms with Gasteiger partial charge in [0.1, 0.15) is 6.61 Å². The Hall–Kier alpha value is -1.63. The molecular weight excluding hydrogens is 350 g/mol. The molecule has 3 rings (SSSR count). The standard InChI is InChI=1S/C19H23N3OS2/c24-19(25)22-12-10-21(11-13-22)18-8-6-16(7-9-18)14-20-23-15-17-4-2-1-3-5-17/h1-9,14,19,24-25H,10-13,15H2/b20-14+. The SMILES string of the molecule is SC(S)N1CCN(c2ccc(/C=N/OCc3ccccc3)cc2)CC1. The van der Waals surface area contributed by atoms with Crippen molar-refractivity contribution < 1.29 is 4.84 Å². The van der Waals surface area contributed by atoms with E-state index >= 15 is 0 Å². The van der Waals surface area contributed by atoms with Crippen LogP contribution in [0.5, 0.6) is 0 Å². The average Bonchev–Trinajstić information content (AvgIpc) is 2.67. The summed E-state index contributed by atoms with van der Waals surface area (Å²) in [5, 5.41) is 4.05. The molecule has 4 nitrogen and oxygen atoms in total. The topological polar surface area (TPSA) is 28.1 Å². The van der Waals surface area contributed by atoms with Gasteiger partial charge in [0, 0.05) is 31.9 Å². The third kappa shape index (κ3) is 5.42. The summed E-state index contributed by atoms with van der Waals surface area (Å²) >= 11 is 8.76. The summed E-state index contributed by atoms with van der Waals surface area (Å²) < 4.78 is 0.0247. The van der Waals surface area contributed by atoms with Gasteiger partial charge < -0.3 is 9.74 Å². The predicted molar refractivity (Wildman–Crippen MR) is 111 cm³/mol. The van der Waals surface area contributed by atoms with Crippen molar-refractivity contribution in [1.82, 2.24) is 4.90 Å². The van der Waals surface area contributed by atoms with Gasteiger partial charge in [-0.2, -0.15) is 0 Å². The molecule has 0 saturated carbocycles. The fraction of sp³-hybridized carbons (Fsp3) is 0.316. The summed E-state index contributed by atoms with van der Waals surface area (Å²) in [6.45, 7) is 4.43. The van der Waals surface area contributed by atoms with Gasteiger partial charge in [0.15, 0.2) is 0 Å². The lowest BCUT2D eigenvalue weighted by molar-refractivity contribution is 0.132. The maximum atomic E-state index is 5.34. The molecule has 0 radical (unpaired) electrons. The zero-order valence-electron chi connectivity index (χ0n) is 14.0. The minimum Gasteiger partial charge on any atom is -0.391 e. The Morgan fingerprint density at radius 2 is 1.64 bits per heavy atom. The number of anilines is 1. The predicted octanol–water partition coefficient (Wildman–Crippen LogP) is 3.50. The maximum absolute atomic E-state index is 5.34. The molecule has 0 unspecified atom stereocenters. The average molecular weight is 374 g/mol. The molecule has 0 spiro atoms. The second-order valence-electron chi connectivity index (χ2n) is 5.95. The van der Waals surface area contributed by atoms with Gasteiger partial charge in [-0.25, -0.2) is 0 Å². The lowest BCUT2D eigenvalue weighted by Gasteiger charge is -2.37. The summed E-state index contributed by atoms with van der Waals surface area (Å²) in [6.07, 6.45) is 1.75. The van der Waals surface area contributed by atoms with Crippen LogP contribution in [0.15, 0.2) is 59.8 Å². The molecule has 6 heteroatoms. The van der Waals surface area contributed by atoms with Crippen LogP contribution in [0.25, 0.3) is 0 Å². The number of thiol groups is 2. The van der Waals surface area contributed by atoms with Crippen LogP contribution in [0.1, 0.15) is 11.1 Å². The van der Waals surface area contributed by atoms with Gasteiger partial charge in [0.05, 0.1) is 10.9 Å².